The van der Waals surface area contributed by atoms with Gasteiger partial charge < -0.3 is 10.6 Å². The van der Waals surface area contributed by atoms with Crippen LogP contribution in [0.2, 0.25) is 0 Å². The fraction of sp³-hybridized carbons (Fsp3) is 0.833. The second-order valence-electron chi connectivity index (χ2n) is 4.23. The van der Waals surface area contributed by atoms with E-state index in [1.165, 1.54) is 0 Å². The third-order valence-electron chi connectivity index (χ3n) is 2.55. The van der Waals surface area contributed by atoms with E-state index in [1.54, 1.807) is 0 Å². The van der Waals surface area contributed by atoms with Gasteiger partial charge in [0.15, 0.2) is 0 Å². The molecule has 2 amide bonds. The number of carbonyl (C=O) groups excluding carboxylic acids is 2. The molecule has 0 aromatic carbocycles. The van der Waals surface area contributed by atoms with E-state index in [2.05, 4.69) is 20.7 Å². The lowest BCUT2D eigenvalue weighted by Crippen LogP contribution is -2.41. The number of azide groups is 1. The summed E-state index contributed by atoms with van der Waals surface area (Å²) in [7, 11) is 0. The molecule has 0 bridgehead atoms. The lowest BCUT2D eigenvalue weighted by molar-refractivity contribution is -0.135. The molecular weight excluding hydrogens is 246 g/mol. The highest BCUT2D eigenvalue weighted by molar-refractivity contribution is 6.00. The van der Waals surface area contributed by atoms with Gasteiger partial charge in [0.2, 0.25) is 11.8 Å². The standard InChI is InChI=1S/C12H23N5O2/c1-3-7-14-11(18)10(6-5-9-16-17-13)12(19)15-8-4-2/h10H,3-9H2,1-2H3,(H,14,18)(H,15,19). The SMILES string of the molecule is CCCNC(=O)C(CCCN=[N+]=[N-])C(=O)NCCC. The van der Waals surface area contributed by atoms with Crippen LogP contribution in [0.1, 0.15) is 39.5 Å². The van der Waals surface area contributed by atoms with E-state index in [9.17, 15) is 9.59 Å². The molecular formula is C12H23N5O2. The van der Waals surface area contributed by atoms with Gasteiger partial charge in [-0.25, -0.2) is 0 Å². The second kappa shape index (κ2) is 11.3. The summed E-state index contributed by atoms with van der Waals surface area (Å²) in [5, 5.41) is 8.86. The number of carbonyl (C=O) groups is 2. The molecule has 0 spiro atoms. The average Bonchev–Trinajstić information content (AvgIpc) is 2.42. The van der Waals surface area contributed by atoms with Crippen molar-refractivity contribution >= 4 is 11.8 Å². The van der Waals surface area contributed by atoms with Crippen molar-refractivity contribution in [3.8, 4) is 0 Å². The first kappa shape index (κ1) is 17.2. The molecule has 2 N–H and O–H groups in total. The molecule has 7 heteroatoms. The highest BCUT2D eigenvalue weighted by Gasteiger charge is 2.25. The molecule has 0 heterocycles. The molecule has 0 radical (unpaired) electrons. The maximum atomic E-state index is 11.9. The molecule has 108 valence electrons. The predicted octanol–water partition coefficient (Wildman–Crippen LogP) is 1.75. The smallest absolute Gasteiger partial charge is 0.232 e. The third-order valence-corrected chi connectivity index (χ3v) is 2.55. The van der Waals surface area contributed by atoms with Gasteiger partial charge in [-0.05, 0) is 31.2 Å². The van der Waals surface area contributed by atoms with Crippen molar-refractivity contribution in [2.24, 2.45) is 11.0 Å². The van der Waals surface area contributed by atoms with Gasteiger partial charge >= 0.3 is 0 Å². The van der Waals surface area contributed by atoms with E-state index in [4.69, 9.17) is 5.53 Å². The highest BCUT2D eigenvalue weighted by Crippen LogP contribution is 2.08. The zero-order valence-electron chi connectivity index (χ0n) is 11.7. The molecule has 0 saturated heterocycles. The van der Waals surface area contributed by atoms with Crippen LogP contribution in [0.4, 0.5) is 0 Å². The van der Waals surface area contributed by atoms with Crippen molar-refractivity contribution in [2.45, 2.75) is 39.5 Å². The Morgan fingerprint density at radius 3 is 2.11 bits per heavy atom. The van der Waals surface area contributed by atoms with Crippen molar-refractivity contribution < 1.29 is 9.59 Å². The number of hydrogen-bond acceptors (Lipinski definition) is 3. The Kier molecular flexibility index (Phi) is 10.3. The van der Waals surface area contributed by atoms with Crippen LogP contribution in [0.3, 0.4) is 0 Å². The Morgan fingerprint density at radius 1 is 1.16 bits per heavy atom. The molecule has 0 aromatic rings. The maximum absolute atomic E-state index is 11.9. The van der Waals surface area contributed by atoms with Crippen molar-refractivity contribution in [1.82, 2.24) is 10.6 Å². The summed E-state index contributed by atoms with van der Waals surface area (Å²) in [4.78, 5) is 26.4. The van der Waals surface area contributed by atoms with Gasteiger partial charge in [-0.2, -0.15) is 0 Å². The summed E-state index contributed by atoms with van der Waals surface area (Å²) in [5.74, 6) is -1.21. The van der Waals surface area contributed by atoms with Crippen LogP contribution in [0.15, 0.2) is 5.11 Å². The maximum Gasteiger partial charge on any atom is 0.232 e. The molecule has 0 aliphatic carbocycles. The van der Waals surface area contributed by atoms with Gasteiger partial charge in [0, 0.05) is 24.5 Å². The number of nitrogens with one attached hydrogen (secondary N) is 2. The summed E-state index contributed by atoms with van der Waals surface area (Å²) < 4.78 is 0. The van der Waals surface area contributed by atoms with E-state index in [0.717, 1.165) is 12.8 Å². The Bertz CT molecular complexity index is 306. The Morgan fingerprint density at radius 2 is 1.68 bits per heavy atom. The summed E-state index contributed by atoms with van der Waals surface area (Å²) >= 11 is 0. The minimum absolute atomic E-state index is 0.253. The van der Waals surface area contributed by atoms with Gasteiger partial charge in [-0.3, -0.25) is 9.59 Å². The zero-order valence-corrected chi connectivity index (χ0v) is 11.7. The predicted molar refractivity (Wildman–Crippen MR) is 73.3 cm³/mol. The molecule has 0 rings (SSSR count). The lowest BCUT2D eigenvalue weighted by Gasteiger charge is -2.15. The van der Waals surface area contributed by atoms with Gasteiger partial charge in [-0.1, -0.05) is 19.0 Å². The first-order chi connectivity index (χ1) is 9.17. The summed E-state index contributed by atoms with van der Waals surface area (Å²) in [6, 6.07) is 0. The summed E-state index contributed by atoms with van der Waals surface area (Å²) in [6.07, 6.45) is 2.57. The van der Waals surface area contributed by atoms with Crippen molar-refractivity contribution in [3.05, 3.63) is 10.4 Å². The van der Waals surface area contributed by atoms with E-state index >= 15 is 0 Å². The largest absolute Gasteiger partial charge is 0.355 e. The molecule has 19 heavy (non-hydrogen) atoms. The first-order valence-corrected chi connectivity index (χ1v) is 6.73. The molecule has 0 atom stereocenters. The minimum Gasteiger partial charge on any atom is -0.355 e. The Balaban J connectivity index is 4.39. The van der Waals surface area contributed by atoms with Crippen LogP contribution < -0.4 is 10.6 Å². The quantitative estimate of drug-likeness (QED) is 0.207. The van der Waals surface area contributed by atoms with Crippen LogP contribution in [0.5, 0.6) is 0 Å². The van der Waals surface area contributed by atoms with Crippen LogP contribution in [0, 0.1) is 5.92 Å². The molecule has 0 saturated carbocycles. The molecule has 0 unspecified atom stereocenters. The number of nitrogens with zero attached hydrogens (tertiary/aromatic N) is 3. The second-order valence-corrected chi connectivity index (χ2v) is 4.23. The average molecular weight is 269 g/mol. The van der Waals surface area contributed by atoms with E-state index < -0.39 is 5.92 Å². The molecule has 7 nitrogen and oxygen atoms in total. The Hall–Kier alpha value is -1.75. The van der Waals surface area contributed by atoms with E-state index in [1.807, 2.05) is 13.8 Å². The van der Waals surface area contributed by atoms with Crippen LogP contribution in [0.25, 0.3) is 10.4 Å². The van der Waals surface area contributed by atoms with Crippen LogP contribution in [-0.2, 0) is 9.59 Å². The minimum atomic E-state index is -0.702. The van der Waals surface area contributed by atoms with E-state index in [0.29, 0.717) is 32.5 Å². The fourth-order valence-corrected chi connectivity index (χ4v) is 1.53. The van der Waals surface area contributed by atoms with Gasteiger partial charge in [0.25, 0.3) is 0 Å². The van der Waals surface area contributed by atoms with Gasteiger partial charge in [0.05, 0.1) is 0 Å². The molecule has 0 aliphatic rings. The molecule has 0 aromatic heterocycles. The summed E-state index contributed by atoms with van der Waals surface area (Å²) in [6.45, 7) is 5.33. The van der Waals surface area contributed by atoms with Crippen molar-refractivity contribution in [3.63, 3.8) is 0 Å². The lowest BCUT2D eigenvalue weighted by atomic mass is 10.0. The van der Waals surface area contributed by atoms with Crippen LogP contribution >= 0.6 is 0 Å². The van der Waals surface area contributed by atoms with Crippen molar-refractivity contribution in [1.29, 1.82) is 0 Å². The number of rotatable bonds is 10. The number of hydrogen-bond donors (Lipinski definition) is 2. The summed E-state index contributed by atoms with van der Waals surface area (Å²) in [5.41, 5.74) is 8.18. The molecule has 0 aliphatic heterocycles. The van der Waals surface area contributed by atoms with Gasteiger partial charge in [-0.15, -0.1) is 0 Å². The van der Waals surface area contributed by atoms with Crippen LogP contribution in [-0.4, -0.2) is 31.4 Å². The number of amides is 2. The molecule has 0 fully saturated rings. The zero-order chi connectivity index (χ0) is 14.5. The monoisotopic (exact) mass is 269 g/mol. The Labute approximate surface area is 113 Å². The van der Waals surface area contributed by atoms with Gasteiger partial charge in [0.1, 0.15) is 5.92 Å². The topological polar surface area (TPSA) is 107 Å². The third kappa shape index (κ3) is 8.05. The fourth-order valence-electron chi connectivity index (χ4n) is 1.53. The first-order valence-electron chi connectivity index (χ1n) is 6.73. The highest BCUT2D eigenvalue weighted by atomic mass is 16.2. The normalized spacial score (nSPS) is 9.84. The van der Waals surface area contributed by atoms with E-state index in [-0.39, 0.29) is 11.8 Å². The van der Waals surface area contributed by atoms with Crippen molar-refractivity contribution in [2.75, 3.05) is 19.6 Å².